The summed E-state index contributed by atoms with van der Waals surface area (Å²) in [4.78, 5) is 0. The average Bonchev–Trinajstić information content (AvgIpc) is 2.66. The Kier molecular flexibility index (Phi) is 5.93. The highest BCUT2D eigenvalue weighted by molar-refractivity contribution is 5.54. The van der Waals surface area contributed by atoms with Crippen molar-refractivity contribution in [3.05, 3.63) is 53.1 Å². The predicted molar refractivity (Wildman–Crippen MR) is 95.1 cm³/mol. The number of methoxy groups -OCH3 is 2. The number of benzene rings is 2. The summed E-state index contributed by atoms with van der Waals surface area (Å²) in [5.41, 5.74) is 3.59. The molecular weight excluding hydrogens is 340 g/mol. The number of alkyl halides is 2. The molecule has 0 saturated heterocycles. The molecule has 0 spiro atoms. The van der Waals surface area contributed by atoms with E-state index in [0.717, 1.165) is 24.8 Å². The van der Waals surface area contributed by atoms with Crippen LogP contribution in [0, 0.1) is 0 Å². The SMILES string of the molecule is COc1cc(CN[C@@H]2CCCc3ccccc32)cc(OC)c1OC(F)F. The zero-order valence-corrected chi connectivity index (χ0v) is 14.9. The maximum atomic E-state index is 12.6. The van der Waals surface area contributed by atoms with Crippen molar-refractivity contribution in [2.75, 3.05) is 14.2 Å². The van der Waals surface area contributed by atoms with Gasteiger partial charge in [-0.2, -0.15) is 8.78 Å². The summed E-state index contributed by atoms with van der Waals surface area (Å²) < 4.78 is 40.3. The van der Waals surface area contributed by atoms with E-state index in [2.05, 4.69) is 34.3 Å². The van der Waals surface area contributed by atoms with Gasteiger partial charge in [0.1, 0.15) is 0 Å². The van der Waals surface area contributed by atoms with Crippen LogP contribution in [-0.4, -0.2) is 20.8 Å². The van der Waals surface area contributed by atoms with Crippen LogP contribution in [0.4, 0.5) is 8.78 Å². The minimum absolute atomic E-state index is 0.0863. The number of hydrogen-bond donors (Lipinski definition) is 1. The van der Waals surface area contributed by atoms with Crippen molar-refractivity contribution in [3.8, 4) is 17.2 Å². The highest BCUT2D eigenvalue weighted by Crippen LogP contribution is 2.40. The van der Waals surface area contributed by atoms with Gasteiger partial charge in [0, 0.05) is 12.6 Å². The molecule has 0 bridgehead atoms. The van der Waals surface area contributed by atoms with E-state index in [4.69, 9.17) is 9.47 Å². The van der Waals surface area contributed by atoms with Crippen LogP contribution in [0.25, 0.3) is 0 Å². The first-order valence-electron chi connectivity index (χ1n) is 8.63. The summed E-state index contributed by atoms with van der Waals surface area (Å²) in [6.07, 6.45) is 3.32. The molecule has 1 N–H and O–H groups in total. The van der Waals surface area contributed by atoms with Gasteiger partial charge in [-0.1, -0.05) is 24.3 Å². The van der Waals surface area contributed by atoms with Gasteiger partial charge in [0.2, 0.25) is 5.75 Å². The predicted octanol–water partition coefficient (Wildman–Crippen LogP) is 4.47. The number of aryl methyl sites for hydroxylation is 1. The van der Waals surface area contributed by atoms with Gasteiger partial charge in [0.15, 0.2) is 11.5 Å². The number of fused-ring (bicyclic) bond motifs is 1. The summed E-state index contributed by atoms with van der Waals surface area (Å²) in [5.74, 6) is 0.368. The molecule has 0 fully saturated rings. The molecule has 4 nitrogen and oxygen atoms in total. The molecule has 3 rings (SSSR count). The van der Waals surface area contributed by atoms with Crippen LogP contribution in [0.3, 0.4) is 0 Å². The molecule has 1 aliphatic rings. The molecular formula is C20H23F2NO3. The standard InChI is InChI=1S/C20H23F2NO3/c1-24-17-10-13(11-18(25-2)19(17)26-20(21)22)12-23-16-9-5-7-14-6-3-4-8-15(14)16/h3-4,6,8,10-11,16,20,23H,5,7,9,12H2,1-2H3/t16-/m1/s1. The first kappa shape index (κ1) is 18.5. The molecule has 1 aliphatic carbocycles. The van der Waals surface area contributed by atoms with Gasteiger partial charge in [-0.3, -0.25) is 0 Å². The summed E-state index contributed by atoms with van der Waals surface area (Å²) >= 11 is 0. The third-order valence-electron chi connectivity index (χ3n) is 4.65. The summed E-state index contributed by atoms with van der Waals surface area (Å²) in [6, 6.07) is 12.1. The van der Waals surface area contributed by atoms with Crippen molar-refractivity contribution in [2.45, 2.75) is 38.5 Å². The molecule has 0 saturated carbocycles. The summed E-state index contributed by atoms with van der Waals surface area (Å²) in [6.45, 7) is -2.37. The second-order valence-electron chi connectivity index (χ2n) is 6.23. The van der Waals surface area contributed by atoms with Crippen molar-refractivity contribution < 1.29 is 23.0 Å². The molecule has 0 aliphatic heterocycles. The highest BCUT2D eigenvalue weighted by atomic mass is 19.3. The number of nitrogens with one attached hydrogen (secondary N) is 1. The van der Waals surface area contributed by atoms with Crippen molar-refractivity contribution in [1.82, 2.24) is 5.32 Å². The van der Waals surface area contributed by atoms with Crippen LogP contribution in [0.2, 0.25) is 0 Å². The first-order valence-corrected chi connectivity index (χ1v) is 8.63. The quantitative estimate of drug-likeness (QED) is 0.788. The molecule has 0 unspecified atom stereocenters. The van der Waals surface area contributed by atoms with Crippen LogP contribution in [-0.2, 0) is 13.0 Å². The molecule has 6 heteroatoms. The fourth-order valence-electron chi connectivity index (χ4n) is 3.45. The third-order valence-corrected chi connectivity index (χ3v) is 4.65. The van der Waals surface area contributed by atoms with Gasteiger partial charge in [0.05, 0.1) is 14.2 Å². The van der Waals surface area contributed by atoms with Gasteiger partial charge >= 0.3 is 6.61 Å². The Labute approximate surface area is 152 Å². The lowest BCUT2D eigenvalue weighted by molar-refractivity contribution is -0.0526. The van der Waals surface area contributed by atoms with Crippen molar-refractivity contribution in [2.24, 2.45) is 0 Å². The number of halogens is 2. The molecule has 0 aromatic heterocycles. The second-order valence-corrected chi connectivity index (χ2v) is 6.23. The molecule has 2 aromatic carbocycles. The van der Waals surface area contributed by atoms with Crippen molar-refractivity contribution in [3.63, 3.8) is 0 Å². The fraction of sp³-hybridized carbons (Fsp3) is 0.400. The fourth-order valence-corrected chi connectivity index (χ4v) is 3.45. The van der Waals surface area contributed by atoms with Gasteiger partial charge in [0.25, 0.3) is 0 Å². The molecule has 1 atom stereocenters. The maximum Gasteiger partial charge on any atom is 0.387 e. The largest absolute Gasteiger partial charge is 0.493 e. The molecule has 140 valence electrons. The minimum atomic E-state index is -2.94. The number of ether oxygens (including phenoxy) is 3. The van der Waals surface area contributed by atoms with Gasteiger partial charge in [-0.25, -0.2) is 0 Å². The molecule has 2 aromatic rings. The zero-order chi connectivity index (χ0) is 18.5. The Hall–Kier alpha value is -2.34. The van der Waals surface area contributed by atoms with Crippen LogP contribution in [0.5, 0.6) is 17.2 Å². The van der Waals surface area contributed by atoms with Crippen LogP contribution in [0.1, 0.15) is 35.6 Å². The molecule has 26 heavy (non-hydrogen) atoms. The van der Waals surface area contributed by atoms with E-state index in [-0.39, 0.29) is 23.3 Å². The first-order chi connectivity index (χ1) is 12.6. The maximum absolute atomic E-state index is 12.6. The van der Waals surface area contributed by atoms with Gasteiger partial charge in [-0.15, -0.1) is 0 Å². The zero-order valence-electron chi connectivity index (χ0n) is 14.9. The van der Waals surface area contributed by atoms with E-state index < -0.39 is 6.61 Å². The van der Waals surface area contributed by atoms with Crippen LogP contribution < -0.4 is 19.5 Å². The van der Waals surface area contributed by atoms with E-state index in [1.54, 1.807) is 12.1 Å². The van der Waals surface area contributed by atoms with Crippen LogP contribution >= 0.6 is 0 Å². The van der Waals surface area contributed by atoms with E-state index in [1.807, 2.05) is 0 Å². The van der Waals surface area contributed by atoms with Crippen molar-refractivity contribution in [1.29, 1.82) is 0 Å². The van der Waals surface area contributed by atoms with Gasteiger partial charge in [-0.05, 0) is 48.1 Å². The molecule has 0 amide bonds. The topological polar surface area (TPSA) is 39.7 Å². The van der Waals surface area contributed by atoms with E-state index in [1.165, 1.54) is 25.3 Å². The smallest absolute Gasteiger partial charge is 0.387 e. The Balaban J connectivity index is 1.78. The summed E-state index contributed by atoms with van der Waals surface area (Å²) in [5, 5.41) is 3.56. The molecule has 0 radical (unpaired) electrons. The minimum Gasteiger partial charge on any atom is -0.493 e. The normalized spacial score (nSPS) is 16.3. The highest BCUT2D eigenvalue weighted by Gasteiger charge is 2.21. The van der Waals surface area contributed by atoms with Gasteiger partial charge < -0.3 is 19.5 Å². The summed E-state index contributed by atoms with van der Waals surface area (Å²) in [7, 11) is 2.84. The Bertz CT molecular complexity index is 727. The Morgan fingerprint density at radius 1 is 1.12 bits per heavy atom. The second kappa shape index (κ2) is 8.36. The lowest BCUT2D eigenvalue weighted by Gasteiger charge is -2.26. The monoisotopic (exact) mass is 363 g/mol. The van der Waals surface area contributed by atoms with E-state index in [0.29, 0.717) is 6.54 Å². The van der Waals surface area contributed by atoms with E-state index in [9.17, 15) is 8.78 Å². The van der Waals surface area contributed by atoms with E-state index >= 15 is 0 Å². The Morgan fingerprint density at radius 2 is 1.81 bits per heavy atom. The Morgan fingerprint density at radius 3 is 2.46 bits per heavy atom. The van der Waals surface area contributed by atoms with Crippen molar-refractivity contribution >= 4 is 0 Å². The third kappa shape index (κ3) is 4.07. The number of hydrogen-bond acceptors (Lipinski definition) is 4. The molecule has 0 heterocycles. The lowest BCUT2D eigenvalue weighted by Crippen LogP contribution is -2.24. The number of rotatable bonds is 7. The lowest BCUT2D eigenvalue weighted by atomic mass is 9.87. The van der Waals surface area contributed by atoms with Crippen LogP contribution in [0.15, 0.2) is 36.4 Å². The average molecular weight is 363 g/mol.